The molecule has 0 amide bonds. The first-order chi connectivity index (χ1) is 10.0. The van der Waals surface area contributed by atoms with Crippen LogP contribution in [0.1, 0.15) is 18.4 Å². The van der Waals surface area contributed by atoms with E-state index < -0.39 is 10.0 Å². The summed E-state index contributed by atoms with van der Waals surface area (Å²) in [6.45, 7) is 2.42. The molecule has 0 fully saturated rings. The average Bonchev–Trinajstić information content (AvgIpc) is 2.93. The smallest absolute Gasteiger partial charge is 0.240 e. The Morgan fingerprint density at radius 2 is 1.76 bits per heavy atom. The van der Waals surface area contributed by atoms with Crippen LogP contribution >= 0.6 is 0 Å². The third kappa shape index (κ3) is 4.07. The van der Waals surface area contributed by atoms with Crippen molar-refractivity contribution in [1.29, 1.82) is 0 Å². The average molecular weight is 310 g/mol. The van der Waals surface area contributed by atoms with E-state index in [0.29, 0.717) is 24.6 Å². The molecule has 0 unspecified atom stereocenters. The molecule has 3 N–H and O–H groups in total. The number of aliphatic hydroxyl groups excluding tert-OH is 1. The highest BCUT2D eigenvalue weighted by atomic mass is 32.2. The van der Waals surface area contributed by atoms with Crippen LogP contribution in [-0.4, -0.2) is 20.1 Å². The lowest BCUT2D eigenvalue weighted by Gasteiger charge is -2.07. The molecule has 1 aromatic heterocycles. The minimum absolute atomic E-state index is 0.128. The predicted octanol–water partition coefficient (Wildman–Crippen LogP) is 1.68. The third-order valence-corrected chi connectivity index (χ3v) is 4.40. The molecule has 1 aromatic carbocycles. The maximum absolute atomic E-state index is 11.8. The van der Waals surface area contributed by atoms with Crippen LogP contribution in [-0.2, 0) is 23.2 Å². The summed E-state index contributed by atoms with van der Waals surface area (Å²) in [6, 6.07) is 9.97. The summed E-state index contributed by atoms with van der Waals surface area (Å²) in [4.78, 5) is 0.232. The molecule has 0 spiro atoms. The molecule has 2 aromatic rings. The van der Waals surface area contributed by atoms with Gasteiger partial charge in [0, 0.05) is 12.2 Å². The highest BCUT2D eigenvalue weighted by Gasteiger charge is 2.11. The van der Waals surface area contributed by atoms with Gasteiger partial charge >= 0.3 is 0 Å². The molecule has 0 aliphatic rings. The molecule has 2 rings (SSSR count). The van der Waals surface area contributed by atoms with E-state index in [1.807, 2.05) is 0 Å². The van der Waals surface area contributed by atoms with Gasteiger partial charge in [0.05, 0.1) is 11.4 Å². The maximum atomic E-state index is 11.8. The van der Waals surface area contributed by atoms with Crippen LogP contribution in [0.5, 0.6) is 0 Å². The molecule has 0 saturated heterocycles. The third-order valence-electron chi connectivity index (χ3n) is 2.84. The van der Waals surface area contributed by atoms with Gasteiger partial charge < -0.3 is 14.8 Å². The Hall–Kier alpha value is -1.83. The molecular formula is C14H18N2O4S. The molecule has 7 heteroatoms. The van der Waals surface area contributed by atoms with Crippen LogP contribution in [0, 0.1) is 0 Å². The zero-order chi connectivity index (χ0) is 15.3. The van der Waals surface area contributed by atoms with Crippen LogP contribution in [0.4, 0.5) is 5.69 Å². The van der Waals surface area contributed by atoms with Crippen LogP contribution < -0.4 is 10.0 Å². The number of hydrogen-bond acceptors (Lipinski definition) is 5. The molecule has 0 aliphatic heterocycles. The molecule has 0 aliphatic carbocycles. The Bertz CT molecular complexity index is 677. The van der Waals surface area contributed by atoms with Gasteiger partial charge in [-0.1, -0.05) is 6.92 Å². The first-order valence-electron chi connectivity index (χ1n) is 6.57. The fraction of sp³-hybridized carbons (Fsp3) is 0.286. The number of aliphatic hydroxyl groups is 1. The molecule has 1 heterocycles. The van der Waals surface area contributed by atoms with Gasteiger partial charge in [-0.25, -0.2) is 13.1 Å². The number of nitrogens with one attached hydrogen (secondary N) is 2. The second-order valence-corrected chi connectivity index (χ2v) is 6.17. The van der Waals surface area contributed by atoms with Gasteiger partial charge in [-0.15, -0.1) is 0 Å². The van der Waals surface area contributed by atoms with Crippen molar-refractivity contribution < 1.29 is 17.9 Å². The fourth-order valence-electron chi connectivity index (χ4n) is 1.82. The van der Waals surface area contributed by atoms with Gasteiger partial charge in [0.2, 0.25) is 10.0 Å². The van der Waals surface area contributed by atoms with Crippen molar-refractivity contribution in [3.63, 3.8) is 0 Å². The van der Waals surface area contributed by atoms with E-state index >= 15 is 0 Å². The van der Waals surface area contributed by atoms with Crippen LogP contribution in [0.25, 0.3) is 0 Å². The standard InChI is InChI=1S/C14H18N2O4S/c1-2-16-21(18,19)14-7-3-11(4-8-14)15-9-12-5-6-13(10-17)20-12/h3-8,15-17H,2,9-10H2,1H3. The summed E-state index contributed by atoms with van der Waals surface area (Å²) in [7, 11) is -3.42. The summed E-state index contributed by atoms with van der Waals surface area (Å²) < 4.78 is 31.4. The highest BCUT2D eigenvalue weighted by molar-refractivity contribution is 7.89. The summed E-state index contributed by atoms with van der Waals surface area (Å²) in [5.41, 5.74) is 0.785. The lowest BCUT2D eigenvalue weighted by molar-refractivity contribution is 0.244. The Morgan fingerprint density at radius 1 is 1.10 bits per heavy atom. The topological polar surface area (TPSA) is 91.6 Å². The van der Waals surface area contributed by atoms with E-state index in [4.69, 9.17) is 9.52 Å². The van der Waals surface area contributed by atoms with Crippen molar-refractivity contribution in [2.45, 2.75) is 25.0 Å². The van der Waals surface area contributed by atoms with Crippen molar-refractivity contribution in [1.82, 2.24) is 4.72 Å². The largest absolute Gasteiger partial charge is 0.462 e. The monoisotopic (exact) mass is 310 g/mol. The number of benzene rings is 1. The Balaban J connectivity index is 1.99. The Kier molecular flexibility index (Phi) is 5.00. The lowest BCUT2D eigenvalue weighted by Crippen LogP contribution is -2.23. The van der Waals surface area contributed by atoms with Gasteiger partial charge in [-0.2, -0.15) is 0 Å². The van der Waals surface area contributed by atoms with Crippen molar-refractivity contribution in [3.05, 3.63) is 47.9 Å². The van der Waals surface area contributed by atoms with Gasteiger partial charge in [0.1, 0.15) is 18.1 Å². The number of anilines is 1. The Morgan fingerprint density at radius 3 is 2.33 bits per heavy atom. The Labute approximate surface area is 123 Å². The molecule has 114 valence electrons. The van der Waals surface area contributed by atoms with E-state index in [1.54, 1.807) is 43.3 Å². The highest BCUT2D eigenvalue weighted by Crippen LogP contribution is 2.15. The van der Waals surface area contributed by atoms with E-state index in [9.17, 15) is 8.42 Å². The van der Waals surface area contributed by atoms with Gasteiger partial charge in [0.25, 0.3) is 0 Å². The zero-order valence-corrected chi connectivity index (χ0v) is 12.5. The van der Waals surface area contributed by atoms with Crippen molar-refractivity contribution in [3.8, 4) is 0 Å². The van der Waals surface area contributed by atoms with Crippen LogP contribution in [0.3, 0.4) is 0 Å². The maximum Gasteiger partial charge on any atom is 0.240 e. The molecule has 6 nitrogen and oxygen atoms in total. The van der Waals surface area contributed by atoms with Crippen molar-refractivity contribution >= 4 is 15.7 Å². The second kappa shape index (κ2) is 6.75. The quantitative estimate of drug-likeness (QED) is 0.724. The lowest BCUT2D eigenvalue weighted by atomic mass is 10.3. The summed E-state index contributed by atoms with van der Waals surface area (Å²) >= 11 is 0. The zero-order valence-electron chi connectivity index (χ0n) is 11.7. The molecule has 0 atom stereocenters. The minimum Gasteiger partial charge on any atom is -0.462 e. The number of furan rings is 1. The number of rotatable bonds is 7. The van der Waals surface area contributed by atoms with Gasteiger partial charge in [-0.05, 0) is 36.4 Å². The summed E-state index contributed by atoms with van der Waals surface area (Å²) in [5, 5.41) is 12.0. The molecule has 0 saturated carbocycles. The molecular weight excluding hydrogens is 292 g/mol. The normalized spacial score (nSPS) is 11.5. The van der Waals surface area contributed by atoms with E-state index in [2.05, 4.69) is 10.0 Å². The molecule has 21 heavy (non-hydrogen) atoms. The molecule has 0 bridgehead atoms. The summed E-state index contributed by atoms with van der Waals surface area (Å²) in [5.74, 6) is 1.21. The van der Waals surface area contributed by atoms with E-state index in [0.717, 1.165) is 5.69 Å². The summed E-state index contributed by atoms with van der Waals surface area (Å²) in [6.07, 6.45) is 0. The number of sulfonamides is 1. The van der Waals surface area contributed by atoms with Crippen molar-refractivity contribution in [2.75, 3.05) is 11.9 Å². The van der Waals surface area contributed by atoms with Gasteiger partial charge in [0.15, 0.2) is 0 Å². The minimum atomic E-state index is -3.42. The van der Waals surface area contributed by atoms with Crippen LogP contribution in [0.15, 0.2) is 45.7 Å². The first kappa shape index (κ1) is 15.6. The fourth-order valence-corrected chi connectivity index (χ4v) is 2.86. The van der Waals surface area contributed by atoms with Crippen molar-refractivity contribution in [2.24, 2.45) is 0 Å². The predicted molar refractivity (Wildman–Crippen MR) is 79.3 cm³/mol. The SMILES string of the molecule is CCNS(=O)(=O)c1ccc(NCc2ccc(CO)o2)cc1. The first-order valence-corrected chi connectivity index (χ1v) is 8.05. The second-order valence-electron chi connectivity index (χ2n) is 4.41. The van der Waals surface area contributed by atoms with E-state index in [-0.39, 0.29) is 11.5 Å². The van der Waals surface area contributed by atoms with Crippen LogP contribution in [0.2, 0.25) is 0 Å². The number of hydrogen-bond donors (Lipinski definition) is 3. The van der Waals surface area contributed by atoms with E-state index in [1.165, 1.54) is 0 Å². The van der Waals surface area contributed by atoms with Gasteiger partial charge in [-0.3, -0.25) is 0 Å². The molecule has 0 radical (unpaired) electrons.